The van der Waals surface area contributed by atoms with Crippen LogP contribution in [0.1, 0.15) is 19.7 Å². The molecule has 0 fully saturated rings. The second-order valence-corrected chi connectivity index (χ2v) is 5.17. The van der Waals surface area contributed by atoms with Crippen LogP contribution >= 0.6 is 0 Å². The van der Waals surface area contributed by atoms with Gasteiger partial charge in [-0.3, -0.25) is 0 Å². The Morgan fingerprint density at radius 1 is 1.19 bits per heavy atom. The minimum absolute atomic E-state index is 0.491. The molecule has 2 aromatic rings. The fourth-order valence-corrected chi connectivity index (χ4v) is 2.12. The first-order valence-electron chi connectivity index (χ1n) is 7.13. The number of benzene rings is 1. The van der Waals surface area contributed by atoms with Gasteiger partial charge >= 0.3 is 0 Å². The molecule has 5 heteroatoms. The lowest BCUT2D eigenvalue weighted by Crippen LogP contribution is -2.25. The van der Waals surface area contributed by atoms with E-state index >= 15 is 0 Å². The van der Waals surface area contributed by atoms with Gasteiger partial charge in [-0.05, 0) is 18.2 Å². The third-order valence-electron chi connectivity index (χ3n) is 3.24. The molecule has 5 nitrogen and oxygen atoms in total. The average Bonchev–Trinajstić information content (AvgIpc) is 2.95. The first-order chi connectivity index (χ1) is 10.1. The number of methoxy groups -OCH3 is 2. The number of rotatable bonds is 7. The van der Waals surface area contributed by atoms with Crippen molar-refractivity contribution in [1.29, 1.82) is 0 Å². The van der Waals surface area contributed by atoms with Gasteiger partial charge in [0.25, 0.3) is 0 Å². The lowest BCUT2D eigenvalue weighted by atomic mass is 10.1. The van der Waals surface area contributed by atoms with E-state index in [4.69, 9.17) is 9.47 Å². The molecule has 0 amide bonds. The minimum Gasteiger partial charge on any atom is -0.493 e. The molecule has 0 unspecified atom stereocenters. The molecule has 2 rings (SSSR count). The van der Waals surface area contributed by atoms with Crippen molar-refractivity contribution < 1.29 is 9.47 Å². The van der Waals surface area contributed by atoms with Crippen LogP contribution in [0.25, 0.3) is 11.3 Å². The van der Waals surface area contributed by atoms with E-state index in [1.807, 2.05) is 24.4 Å². The van der Waals surface area contributed by atoms with Crippen LogP contribution in [0.2, 0.25) is 0 Å². The summed E-state index contributed by atoms with van der Waals surface area (Å²) in [6.45, 7) is 5.19. The number of H-pyrrole nitrogens is 1. The topological polar surface area (TPSA) is 59.2 Å². The first kappa shape index (κ1) is 15.4. The van der Waals surface area contributed by atoms with Crippen LogP contribution in [-0.2, 0) is 6.42 Å². The van der Waals surface area contributed by atoms with Crippen molar-refractivity contribution in [3.63, 3.8) is 0 Å². The van der Waals surface area contributed by atoms with Crippen molar-refractivity contribution in [3.05, 3.63) is 30.2 Å². The minimum atomic E-state index is 0.491. The van der Waals surface area contributed by atoms with Crippen LogP contribution in [-0.4, -0.2) is 36.8 Å². The molecule has 1 heterocycles. The van der Waals surface area contributed by atoms with Crippen molar-refractivity contribution >= 4 is 0 Å². The van der Waals surface area contributed by atoms with E-state index in [-0.39, 0.29) is 0 Å². The van der Waals surface area contributed by atoms with Crippen LogP contribution in [0.3, 0.4) is 0 Å². The van der Waals surface area contributed by atoms with Crippen molar-refractivity contribution in [2.45, 2.75) is 26.3 Å². The lowest BCUT2D eigenvalue weighted by Gasteiger charge is -2.08. The number of aromatic nitrogens is 2. The van der Waals surface area contributed by atoms with Gasteiger partial charge in [-0.2, -0.15) is 0 Å². The third kappa shape index (κ3) is 3.98. The summed E-state index contributed by atoms with van der Waals surface area (Å²) in [7, 11) is 3.27. The molecule has 0 atom stereocenters. The summed E-state index contributed by atoms with van der Waals surface area (Å²) < 4.78 is 10.6. The summed E-state index contributed by atoms with van der Waals surface area (Å²) in [5.74, 6) is 2.42. The maximum atomic E-state index is 5.33. The molecular formula is C16H23N3O2. The summed E-state index contributed by atoms with van der Waals surface area (Å²) in [5, 5.41) is 3.38. The highest BCUT2D eigenvalue weighted by atomic mass is 16.5. The largest absolute Gasteiger partial charge is 0.493 e. The number of nitrogens with one attached hydrogen (secondary N) is 2. The molecule has 0 aliphatic carbocycles. The monoisotopic (exact) mass is 289 g/mol. The molecule has 0 bridgehead atoms. The Bertz CT molecular complexity index is 579. The van der Waals surface area contributed by atoms with Gasteiger partial charge in [0.2, 0.25) is 0 Å². The van der Waals surface area contributed by atoms with Gasteiger partial charge < -0.3 is 19.8 Å². The van der Waals surface area contributed by atoms with Gasteiger partial charge in [-0.15, -0.1) is 0 Å². The van der Waals surface area contributed by atoms with E-state index in [0.29, 0.717) is 11.8 Å². The predicted octanol–water partition coefficient (Wildman–Crippen LogP) is 2.63. The van der Waals surface area contributed by atoms with E-state index in [1.54, 1.807) is 14.2 Å². The summed E-state index contributed by atoms with van der Waals surface area (Å²) >= 11 is 0. The summed E-state index contributed by atoms with van der Waals surface area (Å²) in [6.07, 6.45) is 2.73. The number of hydrogen-bond acceptors (Lipinski definition) is 4. The van der Waals surface area contributed by atoms with E-state index < -0.39 is 0 Å². The van der Waals surface area contributed by atoms with E-state index in [1.165, 1.54) is 0 Å². The Labute approximate surface area is 125 Å². The smallest absolute Gasteiger partial charge is 0.161 e. The molecule has 0 saturated carbocycles. The maximum absolute atomic E-state index is 5.33. The van der Waals surface area contributed by atoms with E-state index in [9.17, 15) is 0 Å². The Hall–Kier alpha value is -2.01. The molecule has 0 aliphatic rings. The fraction of sp³-hybridized carbons (Fsp3) is 0.438. The van der Waals surface area contributed by atoms with Gasteiger partial charge in [-0.1, -0.05) is 13.8 Å². The molecule has 0 radical (unpaired) electrons. The van der Waals surface area contributed by atoms with Crippen LogP contribution < -0.4 is 14.8 Å². The molecule has 0 aliphatic heterocycles. The third-order valence-corrected chi connectivity index (χ3v) is 3.24. The Morgan fingerprint density at radius 3 is 2.62 bits per heavy atom. The molecule has 21 heavy (non-hydrogen) atoms. The number of imidazole rings is 1. The zero-order chi connectivity index (χ0) is 15.2. The highest BCUT2D eigenvalue weighted by Crippen LogP contribution is 2.31. The Balaban J connectivity index is 2.10. The molecule has 1 aromatic heterocycles. The molecular weight excluding hydrogens is 266 g/mol. The summed E-state index contributed by atoms with van der Waals surface area (Å²) in [5.41, 5.74) is 2.01. The number of nitrogens with zero attached hydrogens (tertiary/aromatic N) is 1. The van der Waals surface area contributed by atoms with Gasteiger partial charge in [0, 0.05) is 24.6 Å². The van der Waals surface area contributed by atoms with Crippen LogP contribution in [0.15, 0.2) is 24.4 Å². The normalized spacial score (nSPS) is 10.9. The second kappa shape index (κ2) is 7.13. The van der Waals surface area contributed by atoms with E-state index in [0.717, 1.165) is 35.8 Å². The van der Waals surface area contributed by atoms with Crippen molar-refractivity contribution in [1.82, 2.24) is 15.3 Å². The van der Waals surface area contributed by atoms with Gasteiger partial charge in [-0.25, -0.2) is 4.98 Å². The predicted molar refractivity (Wildman–Crippen MR) is 84.0 cm³/mol. The number of ether oxygens (including phenoxy) is 2. The molecule has 1 aromatic carbocycles. The highest BCUT2D eigenvalue weighted by molar-refractivity contribution is 5.63. The van der Waals surface area contributed by atoms with Crippen molar-refractivity contribution in [3.8, 4) is 22.8 Å². The zero-order valence-electron chi connectivity index (χ0n) is 13.1. The van der Waals surface area contributed by atoms with Gasteiger partial charge in [0.05, 0.1) is 26.1 Å². The van der Waals surface area contributed by atoms with Crippen molar-refractivity contribution in [2.75, 3.05) is 20.8 Å². The second-order valence-electron chi connectivity index (χ2n) is 5.17. The molecule has 0 saturated heterocycles. The highest BCUT2D eigenvalue weighted by Gasteiger charge is 2.08. The molecule has 2 N–H and O–H groups in total. The average molecular weight is 289 g/mol. The SMILES string of the molecule is COc1ccc(-c2cnc(CCNC(C)C)[nH]2)cc1OC. The molecule has 0 spiro atoms. The standard InChI is InChI=1S/C16H23N3O2/c1-11(2)17-8-7-16-18-10-13(19-16)12-5-6-14(20-3)15(9-12)21-4/h5-6,9-11,17H,7-8H2,1-4H3,(H,18,19). The summed E-state index contributed by atoms with van der Waals surface area (Å²) in [6, 6.07) is 6.33. The quantitative estimate of drug-likeness (QED) is 0.822. The molecule has 114 valence electrons. The maximum Gasteiger partial charge on any atom is 0.161 e. The number of aromatic amines is 1. The lowest BCUT2D eigenvalue weighted by molar-refractivity contribution is 0.355. The van der Waals surface area contributed by atoms with Gasteiger partial charge in [0.1, 0.15) is 5.82 Å². The van der Waals surface area contributed by atoms with Crippen LogP contribution in [0, 0.1) is 0 Å². The zero-order valence-corrected chi connectivity index (χ0v) is 13.1. The number of hydrogen-bond donors (Lipinski definition) is 2. The summed E-state index contributed by atoms with van der Waals surface area (Å²) in [4.78, 5) is 7.76. The van der Waals surface area contributed by atoms with Gasteiger partial charge in [0.15, 0.2) is 11.5 Å². The van der Waals surface area contributed by atoms with Crippen LogP contribution in [0.5, 0.6) is 11.5 Å². The first-order valence-corrected chi connectivity index (χ1v) is 7.13. The Morgan fingerprint density at radius 2 is 1.95 bits per heavy atom. The fourth-order valence-electron chi connectivity index (χ4n) is 2.12. The van der Waals surface area contributed by atoms with E-state index in [2.05, 4.69) is 29.1 Å². The Kier molecular flexibility index (Phi) is 5.22. The van der Waals surface area contributed by atoms with Crippen molar-refractivity contribution in [2.24, 2.45) is 0 Å². The van der Waals surface area contributed by atoms with Crippen LogP contribution in [0.4, 0.5) is 0 Å².